The summed E-state index contributed by atoms with van der Waals surface area (Å²) in [6, 6.07) is 0. The van der Waals surface area contributed by atoms with Crippen LogP contribution in [0, 0.1) is 11.3 Å². The Bertz CT molecular complexity index is 365. The van der Waals surface area contributed by atoms with Crippen LogP contribution in [0.3, 0.4) is 0 Å². The minimum absolute atomic E-state index is 0.0694. The van der Waals surface area contributed by atoms with Crippen molar-refractivity contribution < 1.29 is 9.53 Å². The number of carbonyl (C=O) groups is 1. The number of primary amides is 1. The van der Waals surface area contributed by atoms with Gasteiger partial charge in [0, 0.05) is 7.05 Å². The van der Waals surface area contributed by atoms with E-state index in [2.05, 4.69) is 15.0 Å². The predicted octanol–water partition coefficient (Wildman–Crippen LogP) is 0.390. The molecular formula is C12H24N6O2. The Kier molecular flexibility index (Phi) is 6.96. The van der Waals surface area contributed by atoms with Gasteiger partial charge in [-0.15, -0.1) is 0 Å². The quantitative estimate of drug-likeness (QED) is 0.195. The van der Waals surface area contributed by atoms with E-state index in [4.69, 9.17) is 17.0 Å². The summed E-state index contributed by atoms with van der Waals surface area (Å²) >= 11 is 0. The van der Waals surface area contributed by atoms with E-state index in [1.54, 1.807) is 0 Å². The van der Waals surface area contributed by atoms with Crippen molar-refractivity contribution in [1.29, 1.82) is 5.41 Å². The molecule has 1 saturated carbocycles. The standard InChI is InChI=1S/C12H24N6O2/c1-16-11(10(13)20-12(14)19)18(15)8-17-7-9-5-3-2-4-6-9/h9,13,17H,2-8,15H2,1H3,(H2,14,19). The van der Waals surface area contributed by atoms with E-state index in [1.807, 2.05) is 0 Å². The van der Waals surface area contributed by atoms with Crippen molar-refractivity contribution in [3.05, 3.63) is 0 Å². The van der Waals surface area contributed by atoms with E-state index in [1.165, 1.54) is 44.2 Å². The Morgan fingerprint density at radius 2 is 2.10 bits per heavy atom. The van der Waals surface area contributed by atoms with E-state index in [0.717, 1.165) is 6.54 Å². The van der Waals surface area contributed by atoms with Crippen molar-refractivity contribution in [2.24, 2.45) is 22.5 Å². The van der Waals surface area contributed by atoms with Gasteiger partial charge < -0.3 is 10.5 Å². The molecule has 0 saturated heterocycles. The van der Waals surface area contributed by atoms with Crippen molar-refractivity contribution in [3.8, 4) is 0 Å². The third-order valence-corrected chi connectivity index (χ3v) is 3.33. The van der Waals surface area contributed by atoms with Crippen molar-refractivity contribution >= 4 is 17.8 Å². The normalized spacial score (nSPS) is 16.8. The number of hydrogen-bond donors (Lipinski definition) is 4. The second-order valence-corrected chi connectivity index (χ2v) is 4.88. The van der Waals surface area contributed by atoms with Crippen LogP contribution in [-0.4, -0.2) is 43.1 Å². The molecule has 0 radical (unpaired) electrons. The lowest BCUT2D eigenvalue weighted by atomic mass is 9.89. The molecule has 0 unspecified atom stereocenters. The number of rotatable bonds is 4. The largest absolute Gasteiger partial charge is 0.411 e. The van der Waals surface area contributed by atoms with Crippen LogP contribution in [0.2, 0.25) is 0 Å². The Morgan fingerprint density at radius 3 is 2.65 bits per heavy atom. The van der Waals surface area contributed by atoms with Gasteiger partial charge in [-0.3, -0.25) is 20.7 Å². The number of hydrogen-bond acceptors (Lipinski definition) is 6. The van der Waals surface area contributed by atoms with Gasteiger partial charge in [0.25, 0.3) is 5.90 Å². The fourth-order valence-electron chi connectivity index (χ4n) is 2.36. The number of amides is 1. The number of ether oxygens (including phenoxy) is 1. The van der Waals surface area contributed by atoms with Gasteiger partial charge in [0.1, 0.15) is 0 Å². The van der Waals surface area contributed by atoms with Gasteiger partial charge >= 0.3 is 6.09 Å². The first-order valence-electron chi connectivity index (χ1n) is 6.80. The molecule has 1 amide bonds. The third kappa shape index (κ3) is 5.54. The summed E-state index contributed by atoms with van der Waals surface area (Å²) in [5.74, 6) is 6.08. The average molecular weight is 284 g/mol. The van der Waals surface area contributed by atoms with Crippen LogP contribution in [0.1, 0.15) is 32.1 Å². The molecule has 1 aliphatic carbocycles. The zero-order chi connectivity index (χ0) is 15.0. The van der Waals surface area contributed by atoms with Crippen LogP contribution in [0.4, 0.5) is 4.79 Å². The van der Waals surface area contributed by atoms with Gasteiger partial charge in [-0.25, -0.2) is 10.6 Å². The molecule has 0 aliphatic heterocycles. The van der Waals surface area contributed by atoms with Crippen LogP contribution < -0.4 is 16.9 Å². The van der Waals surface area contributed by atoms with Crippen LogP contribution in [0.5, 0.6) is 0 Å². The molecule has 8 nitrogen and oxygen atoms in total. The summed E-state index contributed by atoms with van der Waals surface area (Å²) in [6.07, 6.45) is 5.34. The van der Waals surface area contributed by atoms with Gasteiger partial charge in [0.15, 0.2) is 0 Å². The molecule has 6 N–H and O–H groups in total. The van der Waals surface area contributed by atoms with E-state index in [9.17, 15) is 4.79 Å². The maximum absolute atomic E-state index is 10.6. The molecule has 114 valence electrons. The molecule has 1 aliphatic rings. The second kappa shape index (κ2) is 8.49. The average Bonchev–Trinajstić information content (AvgIpc) is 2.40. The van der Waals surface area contributed by atoms with E-state index in [0.29, 0.717) is 12.6 Å². The highest BCUT2D eigenvalue weighted by molar-refractivity contribution is 6.37. The zero-order valence-electron chi connectivity index (χ0n) is 11.9. The third-order valence-electron chi connectivity index (χ3n) is 3.33. The molecule has 0 aromatic rings. The molecule has 0 bridgehead atoms. The Labute approximate surface area is 119 Å². The monoisotopic (exact) mass is 284 g/mol. The lowest BCUT2D eigenvalue weighted by Gasteiger charge is -2.24. The molecule has 0 spiro atoms. The van der Waals surface area contributed by atoms with Gasteiger partial charge in [0.05, 0.1) is 6.67 Å². The number of aliphatic imine (C=N–C) groups is 1. The summed E-state index contributed by atoms with van der Waals surface area (Å²) in [4.78, 5) is 14.4. The molecule has 1 fully saturated rings. The van der Waals surface area contributed by atoms with E-state index in [-0.39, 0.29) is 5.84 Å². The van der Waals surface area contributed by atoms with Gasteiger partial charge in [-0.2, -0.15) is 0 Å². The first-order chi connectivity index (χ1) is 9.54. The Hall–Kier alpha value is -1.67. The highest BCUT2D eigenvalue weighted by Crippen LogP contribution is 2.22. The molecule has 0 atom stereocenters. The van der Waals surface area contributed by atoms with Crippen molar-refractivity contribution in [2.45, 2.75) is 32.1 Å². The first kappa shape index (κ1) is 16.4. The van der Waals surface area contributed by atoms with Crippen molar-refractivity contribution in [3.63, 3.8) is 0 Å². The molecule has 0 aromatic heterocycles. The number of nitrogens with one attached hydrogen (secondary N) is 2. The number of nitrogens with zero attached hydrogens (tertiary/aromatic N) is 2. The molecule has 20 heavy (non-hydrogen) atoms. The lowest BCUT2D eigenvalue weighted by Crippen LogP contribution is -2.48. The highest BCUT2D eigenvalue weighted by Gasteiger charge is 2.17. The van der Waals surface area contributed by atoms with E-state index >= 15 is 0 Å². The summed E-state index contributed by atoms with van der Waals surface area (Å²) in [5, 5.41) is 12.0. The summed E-state index contributed by atoms with van der Waals surface area (Å²) in [6.45, 7) is 1.21. The van der Waals surface area contributed by atoms with Crippen LogP contribution in [-0.2, 0) is 4.74 Å². The summed E-state index contributed by atoms with van der Waals surface area (Å²) in [7, 11) is 1.47. The maximum Gasteiger partial charge on any atom is 0.411 e. The second-order valence-electron chi connectivity index (χ2n) is 4.88. The fourth-order valence-corrected chi connectivity index (χ4v) is 2.36. The molecule has 8 heteroatoms. The van der Waals surface area contributed by atoms with Gasteiger partial charge in [-0.1, -0.05) is 19.3 Å². The Morgan fingerprint density at radius 1 is 1.45 bits per heavy atom. The predicted molar refractivity (Wildman–Crippen MR) is 77.2 cm³/mol. The number of amidine groups is 1. The SMILES string of the molecule is CN=C(C(=N)OC(N)=O)N(N)CNCC1CCCCC1. The summed E-state index contributed by atoms with van der Waals surface area (Å²) in [5.41, 5.74) is 4.85. The highest BCUT2D eigenvalue weighted by atomic mass is 16.6. The zero-order valence-corrected chi connectivity index (χ0v) is 11.9. The minimum atomic E-state index is -1.06. The van der Waals surface area contributed by atoms with Crippen molar-refractivity contribution in [1.82, 2.24) is 10.3 Å². The molecule has 0 aromatic carbocycles. The first-order valence-corrected chi connectivity index (χ1v) is 6.80. The minimum Gasteiger partial charge on any atom is -0.388 e. The van der Waals surface area contributed by atoms with E-state index < -0.39 is 12.0 Å². The molecule has 0 heterocycles. The van der Waals surface area contributed by atoms with Crippen LogP contribution >= 0.6 is 0 Å². The topological polar surface area (TPSA) is 130 Å². The lowest BCUT2D eigenvalue weighted by molar-refractivity contribution is 0.208. The van der Waals surface area contributed by atoms with Crippen LogP contribution in [0.25, 0.3) is 0 Å². The van der Waals surface area contributed by atoms with Gasteiger partial charge in [-0.05, 0) is 25.3 Å². The molecular weight excluding hydrogens is 260 g/mol. The summed E-state index contributed by atoms with van der Waals surface area (Å²) < 4.78 is 4.46. The van der Waals surface area contributed by atoms with Gasteiger partial charge in [0.2, 0.25) is 5.84 Å². The number of nitrogens with two attached hydrogens (primary N) is 2. The Balaban J connectivity index is 2.33. The van der Waals surface area contributed by atoms with Crippen molar-refractivity contribution in [2.75, 3.05) is 20.3 Å². The van der Waals surface area contributed by atoms with Crippen LogP contribution in [0.15, 0.2) is 4.99 Å². The number of hydrazine groups is 1. The smallest absolute Gasteiger partial charge is 0.388 e. The maximum atomic E-state index is 10.6. The number of carbonyl (C=O) groups excluding carboxylic acids is 1. The fraction of sp³-hybridized carbons (Fsp3) is 0.750. The molecule has 1 rings (SSSR count).